The third-order valence-corrected chi connectivity index (χ3v) is 3.25. The number of carboxylic acid groups (broad SMARTS) is 1. The van der Waals surface area contributed by atoms with Gasteiger partial charge >= 0.3 is 5.97 Å². The molecule has 2 N–H and O–H groups in total. The molecule has 5 heteroatoms. The molecule has 22 heavy (non-hydrogen) atoms. The number of nitrogens with zero attached hydrogens (tertiary/aromatic N) is 1. The molecule has 0 unspecified atom stereocenters. The number of carbonyl (C=O) groups is 2. The van der Waals surface area contributed by atoms with Crippen LogP contribution in [0.3, 0.4) is 0 Å². The van der Waals surface area contributed by atoms with Gasteiger partial charge in [-0.2, -0.15) is 0 Å². The average Bonchev–Trinajstić information content (AvgIpc) is 2.51. The third-order valence-electron chi connectivity index (χ3n) is 3.25. The maximum absolute atomic E-state index is 11.8. The monoisotopic (exact) mass is 298 g/mol. The molecule has 1 amide bonds. The van der Waals surface area contributed by atoms with Crippen LogP contribution in [0.25, 0.3) is 0 Å². The predicted molar refractivity (Wildman–Crippen MR) is 82.5 cm³/mol. The first kappa shape index (κ1) is 15.7. The Hall–Kier alpha value is -2.69. The first-order valence-electron chi connectivity index (χ1n) is 7.05. The second kappa shape index (κ2) is 7.36. The number of amides is 1. The Morgan fingerprint density at radius 1 is 1.23 bits per heavy atom. The average molecular weight is 298 g/mol. The van der Waals surface area contributed by atoms with Gasteiger partial charge in [0.2, 0.25) is 5.91 Å². The maximum Gasteiger partial charge on any atom is 0.335 e. The molecule has 1 aromatic heterocycles. The molecule has 1 heterocycles. The number of aromatic carboxylic acids is 1. The number of nitrogens with one attached hydrogen (secondary N) is 1. The van der Waals surface area contributed by atoms with Gasteiger partial charge in [0.1, 0.15) is 0 Å². The van der Waals surface area contributed by atoms with Crippen molar-refractivity contribution in [1.29, 1.82) is 0 Å². The number of aryl methyl sites for hydroxylation is 2. The lowest BCUT2D eigenvalue weighted by Gasteiger charge is -2.06. The number of pyridine rings is 1. The molecule has 0 aliphatic heterocycles. The predicted octanol–water partition coefficient (Wildman–Crippen LogP) is 2.34. The molecule has 0 fully saturated rings. The van der Waals surface area contributed by atoms with Crippen molar-refractivity contribution in [2.75, 3.05) is 0 Å². The lowest BCUT2D eigenvalue weighted by Crippen LogP contribution is -2.23. The van der Waals surface area contributed by atoms with Crippen molar-refractivity contribution >= 4 is 11.9 Å². The number of carbonyl (C=O) groups excluding carboxylic acids is 1. The van der Waals surface area contributed by atoms with Crippen molar-refractivity contribution in [3.05, 3.63) is 65.0 Å². The second-order valence-corrected chi connectivity index (χ2v) is 5.11. The van der Waals surface area contributed by atoms with Crippen molar-refractivity contribution in [2.24, 2.45) is 0 Å². The molecule has 0 radical (unpaired) electrons. The summed E-state index contributed by atoms with van der Waals surface area (Å²) in [5.74, 6) is -1.08. The zero-order valence-corrected chi connectivity index (χ0v) is 12.4. The van der Waals surface area contributed by atoms with Crippen LogP contribution in [0, 0.1) is 6.92 Å². The fourth-order valence-electron chi connectivity index (χ4n) is 2.11. The lowest BCUT2D eigenvalue weighted by molar-refractivity contribution is -0.121. The van der Waals surface area contributed by atoms with E-state index in [0.717, 1.165) is 5.56 Å². The SMILES string of the molecule is Cc1cccc(CCC(=O)NCc2cc(C(=O)O)ccn2)c1. The summed E-state index contributed by atoms with van der Waals surface area (Å²) in [6, 6.07) is 10.9. The van der Waals surface area contributed by atoms with E-state index in [2.05, 4.69) is 16.4 Å². The van der Waals surface area contributed by atoms with Gasteiger partial charge in [-0.05, 0) is 31.0 Å². The number of hydrogen-bond donors (Lipinski definition) is 2. The highest BCUT2D eigenvalue weighted by atomic mass is 16.4. The van der Waals surface area contributed by atoms with Crippen molar-refractivity contribution in [3.63, 3.8) is 0 Å². The van der Waals surface area contributed by atoms with E-state index in [1.807, 2.05) is 25.1 Å². The summed E-state index contributed by atoms with van der Waals surface area (Å²) in [5, 5.41) is 11.7. The van der Waals surface area contributed by atoms with E-state index in [-0.39, 0.29) is 18.0 Å². The summed E-state index contributed by atoms with van der Waals surface area (Å²) in [7, 11) is 0. The molecular formula is C17H18N2O3. The minimum absolute atomic E-state index is 0.0796. The molecule has 0 aliphatic carbocycles. The molecule has 0 atom stereocenters. The summed E-state index contributed by atoms with van der Waals surface area (Å²) in [6.45, 7) is 2.25. The Kier molecular flexibility index (Phi) is 5.25. The number of hydrogen-bond acceptors (Lipinski definition) is 3. The van der Waals surface area contributed by atoms with Gasteiger partial charge in [-0.15, -0.1) is 0 Å². The summed E-state index contributed by atoms with van der Waals surface area (Å²) in [5.41, 5.74) is 3.00. The molecular weight excluding hydrogens is 280 g/mol. The van der Waals surface area contributed by atoms with Crippen LogP contribution in [0.15, 0.2) is 42.6 Å². The third kappa shape index (κ3) is 4.70. The van der Waals surface area contributed by atoms with Gasteiger partial charge in [0.05, 0.1) is 17.8 Å². The fourth-order valence-corrected chi connectivity index (χ4v) is 2.11. The van der Waals surface area contributed by atoms with Crippen molar-refractivity contribution < 1.29 is 14.7 Å². The van der Waals surface area contributed by atoms with Crippen LogP contribution in [0.4, 0.5) is 0 Å². The molecule has 114 valence electrons. The molecule has 1 aromatic carbocycles. The highest BCUT2D eigenvalue weighted by Gasteiger charge is 2.06. The minimum Gasteiger partial charge on any atom is -0.478 e. The molecule has 2 rings (SSSR count). The molecule has 2 aromatic rings. The Morgan fingerprint density at radius 2 is 2.05 bits per heavy atom. The van der Waals surface area contributed by atoms with E-state index in [4.69, 9.17) is 5.11 Å². The van der Waals surface area contributed by atoms with E-state index in [9.17, 15) is 9.59 Å². The quantitative estimate of drug-likeness (QED) is 0.858. The topological polar surface area (TPSA) is 79.3 Å². The lowest BCUT2D eigenvalue weighted by atomic mass is 10.1. The van der Waals surface area contributed by atoms with Gasteiger partial charge in [-0.1, -0.05) is 29.8 Å². The van der Waals surface area contributed by atoms with Gasteiger partial charge in [0.25, 0.3) is 0 Å². The number of carboxylic acids is 1. The maximum atomic E-state index is 11.8. The zero-order valence-electron chi connectivity index (χ0n) is 12.4. The summed E-state index contributed by atoms with van der Waals surface area (Å²) < 4.78 is 0. The minimum atomic E-state index is -1.01. The number of benzene rings is 1. The first-order chi connectivity index (χ1) is 10.5. The molecule has 0 bridgehead atoms. The van der Waals surface area contributed by atoms with Crippen LogP contribution in [-0.2, 0) is 17.8 Å². The Balaban J connectivity index is 1.83. The zero-order chi connectivity index (χ0) is 15.9. The van der Waals surface area contributed by atoms with Crippen LogP contribution in [0.1, 0.15) is 33.6 Å². The summed E-state index contributed by atoms with van der Waals surface area (Å²) in [6.07, 6.45) is 2.50. The molecule has 0 aliphatic rings. The van der Waals surface area contributed by atoms with Crippen molar-refractivity contribution in [3.8, 4) is 0 Å². The van der Waals surface area contributed by atoms with Crippen LogP contribution in [0.2, 0.25) is 0 Å². The van der Waals surface area contributed by atoms with E-state index >= 15 is 0 Å². The van der Waals surface area contributed by atoms with E-state index in [0.29, 0.717) is 18.5 Å². The van der Waals surface area contributed by atoms with Crippen LogP contribution in [-0.4, -0.2) is 22.0 Å². The summed E-state index contributed by atoms with van der Waals surface area (Å²) in [4.78, 5) is 26.7. The van der Waals surface area contributed by atoms with Crippen LogP contribution in [0.5, 0.6) is 0 Å². The summed E-state index contributed by atoms with van der Waals surface area (Å²) >= 11 is 0. The molecule has 0 spiro atoms. The highest BCUT2D eigenvalue weighted by Crippen LogP contribution is 2.07. The van der Waals surface area contributed by atoms with E-state index < -0.39 is 5.97 Å². The van der Waals surface area contributed by atoms with Gasteiger partial charge in [-0.3, -0.25) is 9.78 Å². The fraction of sp³-hybridized carbons (Fsp3) is 0.235. The van der Waals surface area contributed by atoms with Crippen LogP contribution < -0.4 is 5.32 Å². The standard InChI is InChI=1S/C17H18N2O3/c1-12-3-2-4-13(9-12)5-6-16(20)19-11-15-10-14(17(21)22)7-8-18-15/h2-4,7-10H,5-6,11H2,1H3,(H,19,20)(H,21,22). The van der Waals surface area contributed by atoms with E-state index in [1.54, 1.807) is 0 Å². The highest BCUT2D eigenvalue weighted by molar-refractivity contribution is 5.87. The van der Waals surface area contributed by atoms with Gasteiger partial charge < -0.3 is 10.4 Å². The Morgan fingerprint density at radius 3 is 2.77 bits per heavy atom. The number of aromatic nitrogens is 1. The van der Waals surface area contributed by atoms with E-state index in [1.165, 1.54) is 23.9 Å². The van der Waals surface area contributed by atoms with Crippen molar-refractivity contribution in [2.45, 2.75) is 26.3 Å². The smallest absolute Gasteiger partial charge is 0.335 e. The molecule has 0 saturated carbocycles. The Labute approximate surface area is 129 Å². The van der Waals surface area contributed by atoms with Gasteiger partial charge in [-0.25, -0.2) is 4.79 Å². The largest absolute Gasteiger partial charge is 0.478 e. The Bertz CT molecular complexity index is 683. The normalized spacial score (nSPS) is 10.2. The second-order valence-electron chi connectivity index (χ2n) is 5.11. The van der Waals surface area contributed by atoms with Gasteiger partial charge in [0, 0.05) is 12.6 Å². The van der Waals surface area contributed by atoms with Crippen molar-refractivity contribution in [1.82, 2.24) is 10.3 Å². The molecule has 0 saturated heterocycles. The first-order valence-corrected chi connectivity index (χ1v) is 7.05. The molecule has 5 nitrogen and oxygen atoms in total. The number of rotatable bonds is 6. The van der Waals surface area contributed by atoms with Crippen LogP contribution >= 0.6 is 0 Å². The van der Waals surface area contributed by atoms with Gasteiger partial charge in [0.15, 0.2) is 0 Å².